The maximum atomic E-state index is 14.0. The van der Waals surface area contributed by atoms with Gasteiger partial charge in [0, 0.05) is 55.6 Å². The molecule has 0 bridgehead atoms. The zero-order chi connectivity index (χ0) is 23.4. The first kappa shape index (κ1) is 23.0. The summed E-state index contributed by atoms with van der Waals surface area (Å²) in [6, 6.07) is 14.7. The maximum absolute atomic E-state index is 14.0. The van der Waals surface area contributed by atoms with Gasteiger partial charge in [-0.3, -0.25) is 9.59 Å². The van der Waals surface area contributed by atoms with E-state index in [0.717, 1.165) is 34.1 Å². The van der Waals surface area contributed by atoms with Gasteiger partial charge < -0.3 is 14.8 Å². The summed E-state index contributed by atoms with van der Waals surface area (Å²) in [6.07, 6.45) is 2.35. The summed E-state index contributed by atoms with van der Waals surface area (Å²) in [4.78, 5) is 32.5. The van der Waals surface area contributed by atoms with Crippen molar-refractivity contribution in [3.63, 3.8) is 0 Å². The second kappa shape index (κ2) is 10.2. The van der Waals surface area contributed by atoms with Crippen LogP contribution in [0.15, 0.2) is 48.5 Å². The summed E-state index contributed by atoms with van der Waals surface area (Å²) in [5.74, 6) is 0.487. The summed E-state index contributed by atoms with van der Waals surface area (Å²) < 4.78 is 14.0. The van der Waals surface area contributed by atoms with E-state index in [2.05, 4.69) is 18.8 Å². The van der Waals surface area contributed by atoms with E-state index in [1.165, 1.54) is 6.07 Å². The Morgan fingerprint density at radius 3 is 2.21 bits per heavy atom. The summed E-state index contributed by atoms with van der Waals surface area (Å²) in [5, 5.41) is 0.822. The zero-order valence-electron chi connectivity index (χ0n) is 19.4. The lowest BCUT2D eigenvalue weighted by Crippen LogP contribution is -2.50. The molecule has 1 aliphatic rings. The van der Waals surface area contributed by atoms with E-state index < -0.39 is 0 Å². The third-order valence-corrected chi connectivity index (χ3v) is 6.44. The average Bonchev–Trinajstić information content (AvgIpc) is 3.19. The van der Waals surface area contributed by atoms with Crippen molar-refractivity contribution in [2.45, 2.75) is 39.5 Å². The number of nitrogens with one attached hydrogen (secondary N) is 1. The first-order valence-electron chi connectivity index (χ1n) is 11.8. The van der Waals surface area contributed by atoms with E-state index in [1.807, 2.05) is 40.1 Å². The van der Waals surface area contributed by atoms with Crippen molar-refractivity contribution in [3.05, 3.63) is 59.9 Å². The van der Waals surface area contributed by atoms with E-state index in [0.29, 0.717) is 51.4 Å². The quantitative estimate of drug-likeness (QED) is 0.551. The normalized spacial score (nSPS) is 14.3. The van der Waals surface area contributed by atoms with Crippen molar-refractivity contribution in [2.24, 2.45) is 5.92 Å². The highest BCUT2D eigenvalue weighted by Gasteiger charge is 2.24. The van der Waals surface area contributed by atoms with Crippen molar-refractivity contribution in [1.82, 2.24) is 14.8 Å². The third-order valence-electron chi connectivity index (χ3n) is 6.44. The highest BCUT2D eigenvalue weighted by molar-refractivity contribution is 5.91. The second-order valence-corrected chi connectivity index (χ2v) is 9.23. The number of hydrogen-bond acceptors (Lipinski definition) is 2. The summed E-state index contributed by atoms with van der Waals surface area (Å²) in [5.41, 5.74) is 3.78. The topological polar surface area (TPSA) is 56.4 Å². The highest BCUT2D eigenvalue weighted by Crippen LogP contribution is 2.32. The van der Waals surface area contributed by atoms with Gasteiger partial charge in [0.1, 0.15) is 5.82 Å². The Morgan fingerprint density at radius 2 is 1.58 bits per heavy atom. The molecule has 5 nitrogen and oxygen atoms in total. The van der Waals surface area contributed by atoms with Crippen molar-refractivity contribution in [1.29, 1.82) is 0 Å². The van der Waals surface area contributed by atoms with E-state index in [4.69, 9.17) is 0 Å². The molecule has 2 heterocycles. The van der Waals surface area contributed by atoms with E-state index in [-0.39, 0.29) is 17.6 Å². The minimum Gasteiger partial charge on any atom is -0.354 e. The lowest BCUT2D eigenvalue weighted by atomic mass is 10.0. The summed E-state index contributed by atoms with van der Waals surface area (Å²) in [7, 11) is 0. The number of hydrogen-bond donors (Lipinski definition) is 1. The number of amides is 2. The number of rotatable bonds is 7. The van der Waals surface area contributed by atoms with Gasteiger partial charge in [0.15, 0.2) is 0 Å². The number of carbonyl (C=O) groups is 2. The van der Waals surface area contributed by atoms with E-state index in [9.17, 15) is 14.0 Å². The first-order valence-corrected chi connectivity index (χ1v) is 11.8. The first-order chi connectivity index (χ1) is 15.9. The molecule has 1 fully saturated rings. The molecule has 0 atom stereocenters. The number of carbonyl (C=O) groups excluding carboxylic acids is 2. The van der Waals surface area contributed by atoms with Gasteiger partial charge in [0.25, 0.3) is 0 Å². The molecule has 1 saturated heterocycles. The molecular weight excluding hydrogens is 417 g/mol. The Kier molecular flexibility index (Phi) is 7.11. The molecule has 0 aliphatic carbocycles. The van der Waals surface area contributed by atoms with Crippen molar-refractivity contribution < 1.29 is 14.0 Å². The standard InChI is InChI=1S/C27H32FN3O2/c1-19(2)8-12-25(32)30-14-16-31(17-15-30)26(33)13-10-22-23-18-21(28)9-11-24(23)29-27(22)20-6-4-3-5-7-20/h3-7,9,11,18-19,29H,8,10,12-17H2,1-2H3. The van der Waals surface area contributed by atoms with Crippen LogP contribution in [0.4, 0.5) is 4.39 Å². The largest absolute Gasteiger partial charge is 0.354 e. The molecule has 0 radical (unpaired) electrons. The molecule has 4 rings (SSSR count). The number of H-pyrrole nitrogens is 1. The average molecular weight is 450 g/mol. The van der Waals surface area contributed by atoms with Crippen LogP contribution in [0.3, 0.4) is 0 Å². The molecule has 174 valence electrons. The van der Waals surface area contributed by atoms with Crippen LogP contribution < -0.4 is 0 Å². The van der Waals surface area contributed by atoms with Gasteiger partial charge in [-0.1, -0.05) is 44.2 Å². The molecule has 0 saturated carbocycles. The Labute approximate surface area is 194 Å². The molecule has 6 heteroatoms. The number of nitrogens with zero attached hydrogens (tertiary/aromatic N) is 2. The Bertz CT molecular complexity index is 1120. The van der Waals surface area contributed by atoms with Gasteiger partial charge in [-0.15, -0.1) is 0 Å². The predicted molar refractivity (Wildman–Crippen MR) is 129 cm³/mol. The van der Waals surface area contributed by atoms with Crippen molar-refractivity contribution in [2.75, 3.05) is 26.2 Å². The second-order valence-electron chi connectivity index (χ2n) is 9.23. The number of aryl methyl sites for hydroxylation is 1. The minimum atomic E-state index is -0.285. The van der Waals surface area contributed by atoms with Gasteiger partial charge in [-0.05, 0) is 48.1 Å². The monoisotopic (exact) mass is 449 g/mol. The Hall–Kier alpha value is -3.15. The number of aromatic amines is 1. The van der Waals surface area contributed by atoms with Gasteiger partial charge >= 0.3 is 0 Å². The summed E-state index contributed by atoms with van der Waals surface area (Å²) >= 11 is 0. The van der Waals surface area contributed by atoms with Crippen LogP contribution in [0.5, 0.6) is 0 Å². The third kappa shape index (κ3) is 5.44. The number of piperazine rings is 1. The van der Waals surface area contributed by atoms with E-state index >= 15 is 0 Å². The Morgan fingerprint density at radius 1 is 0.939 bits per heavy atom. The van der Waals surface area contributed by atoms with Gasteiger partial charge in [0.2, 0.25) is 11.8 Å². The fourth-order valence-electron chi connectivity index (χ4n) is 4.50. The molecule has 2 aromatic carbocycles. The minimum absolute atomic E-state index is 0.0778. The van der Waals surface area contributed by atoms with Crippen molar-refractivity contribution >= 4 is 22.7 Å². The van der Waals surface area contributed by atoms with Crippen molar-refractivity contribution in [3.8, 4) is 11.3 Å². The van der Waals surface area contributed by atoms with Gasteiger partial charge in [0.05, 0.1) is 0 Å². The van der Waals surface area contributed by atoms with Crippen LogP contribution in [0.1, 0.15) is 38.7 Å². The molecule has 2 amide bonds. The molecule has 1 aromatic heterocycles. The molecule has 3 aromatic rings. The fourth-order valence-corrected chi connectivity index (χ4v) is 4.50. The number of aromatic nitrogens is 1. The fraction of sp³-hybridized carbons (Fsp3) is 0.407. The van der Waals surface area contributed by atoms with Crippen LogP contribution in [-0.4, -0.2) is 52.8 Å². The lowest BCUT2D eigenvalue weighted by Gasteiger charge is -2.35. The Balaban J connectivity index is 1.42. The number of benzene rings is 2. The molecule has 33 heavy (non-hydrogen) atoms. The SMILES string of the molecule is CC(C)CCC(=O)N1CCN(C(=O)CCc2c(-c3ccccc3)[nH]c3ccc(F)cc23)CC1. The highest BCUT2D eigenvalue weighted by atomic mass is 19.1. The molecular formula is C27H32FN3O2. The van der Waals surface area contributed by atoms with Crippen LogP contribution in [0.25, 0.3) is 22.2 Å². The van der Waals surface area contributed by atoms with Gasteiger partial charge in [-0.2, -0.15) is 0 Å². The molecule has 1 N–H and O–H groups in total. The maximum Gasteiger partial charge on any atom is 0.223 e. The number of halogens is 1. The molecule has 0 spiro atoms. The van der Waals surface area contributed by atoms with Crippen LogP contribution in [-0.2, 0) is 16.0 Å². The molecule has 0 unspecified atom stereocenters. The smallest absolute Gasteiger partial charge is 0.223 e. The molecule has 1 aliphatic heterocycles. The predicted octanol–water partition coefficient (Wildman–Crippen LogP) is 5.01. The van der Waals surface area contributed by atoms with E-state index in [1.54, 1.807) is 12.1 Å². The van der Waals surface area contributed by atoms with Gasteiger partial charge in [-0.25, -0.2) is 4.39 Å². The lowest BCUT2D eigenvalue weighted by molar-refractivity contribution is -0.139. The summed E-state index contributed by atoms with van der Waals surface area (Å²) in [6.45, 7) is 6.57. The van der Waals surface area contributed by atoms with Crippen LogP contribution >= 0.6 is 0 Å². The van der Waals surface area contributed by atoms with Crippen LogP contribution in [0, 0.1) is 11.7 Å². The van der Waals surface area contributed by atoms with Crippen LogP contribution in [0.2, 0.25) is 0 Å². The zero-order valence-corrected chi connectivity index (χ0v) is 19.4. The number of fused-ring (bicyclic) bond motifs is 1.